The van der Waals surface area contributed by atoms with Crippen LogP contribution in [0.25, 0.3) is 0 Å². The highest BCUT2D eigenvalue weighted by Gasteiger charge is 2.24. The number of likely N-dealkylation sites (tertiary alicyclic amines) is 1. The van der Waals surface area contributed by atoms with Gasteiger partial charge in [0.25, 0.3) is 0 Å². The van der Waals surface area contributed by atoms with Crippen molar-refractivity contribution in [2.24, 2.45) is 0 Å². The van der Waals surface area contributed by atoms with Gasteiger partial charge in [-0.25, -0.2) is 0 Å². The Bertz CT molecular complexity index is 356. The first-order valence-corrected chi connectivity index (χ1v) is 6.25. The van der Waals surface area contributed by atoms with Crippen molar-refractivity contribution in [1.82, 2.24) is 10.2 Å². The summed E-state index contributed by atoms with van der Waals surface area (Å²) in [7, 11) is 0. The van der Waals surface area contributed by atoms with Gasteiger partial charge in [0.1, 0.15) is 0 Å². The van der Waals surface area contributed by atoms with E-state index in [0.29, 0.717) is 0 Å². The number of hydrogen-bond donors (Lipinski definition) is 1. The summed E-state index contributed by atoms with van der Waals surface area (Å²) in [6, 6.07) is 1.92. The lowest BCUT2D eigenvalue weighted by atomic mass is 10.1. The summed E-state index contributed by atoms with van der Waals surface area (Å²) in [4.78, 5) is 14.0. The smallest absolute Gasteiger partial charge is 0.239 e. The molecule has 2 heterocycles. The summed E-state index contributed by atoms with van der Waals surface area (Å²) in [5.41, 5.74) is 1.08. The van der Waals surface area contributed by atoms with Gasteiger partial charge in [-0.1, -0.05) is 0 Å². The number of hydrogen-bond acceptors (Lipinski definition) is 3. The molecule has 17 heavy (non-hydrogen) atoms. The van der Waals surface area contributed by atoms with Crippen LogP contribution in [-0.4, -0.2) is 29.9 Å². The van der Waals surface area contributed by atoms with Crippen LogP contribution in [0.5, 0.6) is 0 Å². The molecule has 2 atom stereocenters. The fourth-order valence-corrected chi connectivity index (χ4v) is 2.28. The molecule has 0 aromatic carbocycles. The fraction of sp³-hybridized carbons (Fsp3) is 0.615. The van der Waals surface area contributed by atoms with Gasteiger partial charge < -0.3 is 9.32 Å². The van der Waals surface area contributed by atoms with Crippen molar-refractivity contribution in [3.63, 3.8) is 0 Å². The van der Waals surface area contributed by atoms with Crippen LogP contribution in [-0.2, 0) is 4.79 Å². The Kier molecular flexibility index (Phi) is 3.84. The Labute approximate surface area is 102 Å². The van der Waals surface area contributed by atoms with E-state index in [9.17, 15) is 4.79 Å². The number of nitrogens with one attached hydrogen (secondary N) is 1. The maximum Gasteiger partial charge on any atom is 0.239 e. The van der Waals surface area contributed by atoms with Gasteiger partial charge in [0.2, 0.25) is 5.91 Å². The zero-order valence-electron chi connectivity index (χ0n) is 10.5. The molecule has 94 valence electrons. The number of carbonyl (C=O) groups is 1. The van der Waals surface area contributed by atoms with Crippen LogP contribution in [0.3, 0.4) is 0 Å². The average molecular weight is 236 g/mol. The molecule has 1 saturated heterocycles. The van der Waals surface area contributed by atoms with Gasteiger partial charge >= 0.3 is 0 Å². The minimum Gasteiger partial charge on any atom is -0.472 e. The quantitative estimate of drug-likeness (QED) is 0.869. The molecular weight excluding hydrogens is 216 g/mol. The zero-order valence-corrected chi connectivity index (χ0v) is 10.5. The van der Waals surface area contributed by atoms with Crippen molar-refractivity contribution >= 4 is 5.91 Å². The molecule has 0 radical (unpaired) electrons. The predicted octanol–water partition coefficient (Wildman–Crippen LogP) is 1.94. The van der Waals surface area contributed by atoms with Gasteiger partial charge in [-0.05, 0) is 32.8 Å². The Morgan fingerprint density at radius 2 is 2.12 bits per heavy atom. The molecule has 0 saturated carbocycles. The van der Waals surface area contributed by atoms with E-state index in [0.717, 1.165) is 31.5 Å². The molecule has 0 bridgehead atoms. The summed E-state index contributed by atoms with van der Waals surface area (Å²) in [5, 5.41) is 3.31. The monoisotopic (exact) mass is 236 g/mol. The second-order valence-corrected chi connectivity index (χ2v) is 4.70. The maximum atomic E-state index is 12.1. The van der Waals surface area contributed by atoms with Gasteiger partial charge in [-0.3, -0.25) is 10.1 Å². The molecule has 2 unspecified atom stereocenters. The Balaban J connectivity index is 1.87. The maximum absolute atomic E-state index is 12.1. The van der Waals surface area contributed by atoms with E-state index in [1.54, 1.807) is 12.5 Å². The van der Waals surface area contributed by atoms with Crippen LogP contribution in [0, 0.1) is 0 Å². The third-order valence-electron chi connectivity index (χ3n) is 3.33. The predicted molar refractivity (Wildman–Crippen MR) is 65.5 cm³/mol. The van der Waals surface area contributed by atoms with Crippen molar-refractivity contribution < 1.29 is 9.21 Å². The summed E-state index contributed by atoms with van der Waals surface area (Å²) < 4.78 is 5.04. The van der Waals surface area contributed by atoms with Gasteiger partial charge in [0.05, 0.1) is 18.6 Å². The molecule has 2 rings (SSSR count). The van der Waals surface area contributed by atoms with E-state index in [2.05, 4.69) is 5.32 Å². The molecule has 4 heteroatoms. The van der Waals surface area contributed by atoms with Crippen molar-refractivity contribution in [2.75, 3.05) is 13.1 Å². The highest BCUT2D eigenvalue weighted by atomic mass is 16.3. The minimum atomic E-state index is -0.141. The molecule has 0 aliphatic carbocycles. The van der Waals surface area contributed by atoms with Crippen LogP contribution in [0.15, 0.2) is 23.0 Å². The molecule has 4 nitrogen and oxygen atoms in total. The molecular formula is C13H20N2O2. The summed E-state index contributed by atoms with van der Waals surface area (Å²) in [6.45, 7) is 5.78. The SMILES string of the molecule is CC(NC(C)c1ccoc1)C(=O)N1CCCC1. The van der Waals surface area contributed by atoms with E-state index in [-0.39, 0.29) is 18.0 Å². The lowest BCUT2D eigenvalue weighted by Gasteiger charge is -2.23. The van der Waals surface area contributed by atoms with Gasteiger partial charge in [0, 0.05) is 24.7 Å². The molecule has 1 amide bonds. The lowest BCUT2D eigenvalue weighted by molar-refractivity contribution is -0.132. The molecule has 1 aliphatic rings. The lowest BCUT2D eigenvalue weighted by Crippen LogP contribution is -2.44. The third-order valence-corrected chi connectivity index (χ3v) is 3.33. The van der Waals surface area contributed by atoms with Crippen molar-refractivity contribution in [3.05, 3.63) is 24.2 Å². The molecule has 1 aliphatic heterocycles. The number of nitrogens with zero attached hydrogens (tertiary/aromatic N) is 1. The first-order valence-electron chi connectivity index (χ1n) is 6.25. The number of rotatable bonds is 4. The van der Waals surface area contributed by atoms with Gasteiger partial charge in [-0.2, -0.15) is 0 Å². The zero-order chi connectivity index (χ0) is 12.3. The van der Waals surface area contributed by atoms with Gasteiger partial charge in [-0.15, -0.1) is 0 Å². The van der Waals surface area contributed by atoms with Crippen molar-refractivity contribution in [3.8, 4) is 0 Å². The van der Waals surface area contributed by atoms with E-state index < -0.39 is 0 Å². The Hall–Kier alpha value is -1.29. The van der Waals surface area contributed by atoms with E-state index in [4.69, 9.17) is 4.42 Å². The highest BCUT2D eigenvalue weighted by Crippen LogP contribution is 2.15. The highest BCUT2D eigenvalue weighted by molar-refractivity contribution is 5.81. The third kappa shape index (κ3) is 2.88. The normalized spacial score (nSPS) is 19.3. The molecule has 0 spiro atoms. The second kappa shape index (κ2) is 5.36. The Morgan fingerprint density at radius 3 is 2.71 bits per heavy atom. The minimum absolute atomic E-state index is 0.135. The molecule has 1 aromatic heterocycles. The van der Waals surface area contributed by atoms with E-state index in [1.807, 2.05) is 24.8 Å². The standard InChI is InChI=1S/C13H20N2O2/c1-10(12-5-8-17-9-12)14-11(2)13(16)15-6-3-4-7-15/h5,8-11,14H,3-4,6-7H2,1-2H3. The van der Waals surface area contributed by atoms with Crippen LogP contribution >= 0.6 is 0 Å². The molecule has 1 fully saturated rings. The largest absolute Gasteiger partial charge is 0.472 e. The Morgan fingerprint density at radius 1 is 1.41 bits per heavy atom. The van der Waals surface area contributed by atoms with Crippen molar-refractivity contribution in [2.45, 2.75) is 38.8 Å². The van der Waals surface area contributed by atoms with Crippen LogP contribution < -0.4 is 5.32 Å². The van der Waals surface area contributed by atoms with Crippen LogP contribution in [0.2, 0.25) is 0 Å². The van der Waals surface area contributed by atoms with Crippen LogP contribution in [0.4, 0.5) is 0 Å². The summed E-state index contributed by atoms with van der Waals surface area (Å²) in [6.07, 6.45) is 5.64. The van der Waals surface area contributed by atoms with Crippen molar-refractivity contribution in [1.29, 1.82) is 0 Å². The number of carbonyl (C=O) groups excluding carboxylic acids is 1. The first-order chi connectivity index (χ1) is 8.18. The topological polar surface area (TPSA) is 45.5 Å². The fourth-order valence-electron chi connectivity index (χ4n) is 2.28. The second-order valence-electron chi connectivity index (χ2n) is 4.70. The number of furan rings is 1. The van der Waals surface area contributed by atoms with Gasteiger partial charge in [0.15, 0.2) is 0 Å². The number of amides is 1. The van der Waals surface area contributed by atoms with E-state index in [1.165, 1.54) is 0 Å². The van der Waals surface area contributed by atoms with E-state index >= 15 is 0 Å². The molecule has 1 N–H and O–H groups in total. The summed E-state index contributed by atoms with van der Waals surface area (Å²) in [5.74, 6) is 0.206. The first kappa shape index (κ1) is 12.2. The average Bonchev–Trinajstić information content (AvgIpc) is 3.00. The summed E-state index contributed by atoms with van der Waals surface area (Å²) >= 11 is 0. The molecule has 1 aromatic rings. The van der Waals surface area contributed by atoms with Crippen LogP contribution in [0.1, 0.15) is 38.3 Å².